The Morgan fingerprint density at radius 2 is 1.85 bits per heavy atom. The number of aliphatic hydroxyl groups is 1. The lowest BCUT2D eigenvalue weighted by atomic mass is 10.0. The summed E-state index contributed by atoms with van der Waals surface area (Å²) in [5, 5.41) is 23.6. The summed E-state index contributed by atoms with van der Waals surface area (Å²) in [5.41, 5.74) is 0.287. The first-order chi connectivity index (χ1) is 12.5. The van der Waals surface area contributed by atoms with Crippen molar-refractivity contribution in [2.45, 2.75) is 12.1 Å². The van der Waals surface area contributed by atoms with Crippen molar-refractivity contribution in [3.8, 4) is 0 Å². The van der Waals surface area contributed by atoms with Crippen LogP contribution in [0.4, 0.5) is 11.4 Å². The van der Waals surface area contributed by atoms with Crippen LogP contribution in [0.25, 0.3) is 0 Å². The number of nitro benzene ring substituents is 1. The minimum absolute atomic E-state index is 0. The van der Waals surface area contributed by atoms with Gasteiger partial charge < -0.3 is 22.1 Å². The number of anilines is 1. The molecule has 0 radical (unpaired) electrons. The van der Waals surface area contributed by atoms with Gasteiger partial charge in [0, 0.05) is 27.9 Å². The summed E-state index contributed by atoms with van der Waals surface area (Å²) in [7, 11) is 0. The van der Waals surface area contributed by atoms with E-state index in [0.29, 0.717) is 12.1 Å². The van der Waals surface area contributed by atoms with Gasteiger partial charge in [-0.15, -0.1) is 0 Å². The van der Waals surface area contributed by atoms with Gasteiger partial charge >= 0.3 is 5.17 Å². The highest BCUT2D eigenvalue weighted by molar-refractivity contribution is 9.10. The van der Waals surface area contributed by atoms with Crippen LogP contribution in [0.5, 0.6) is 0 Å². The Labute approximate surface area is 179 Å². The number of rotatable bonds is 3. The third-order valence-electron chi connectivity index (χ3n) is 4.67. The summed E-state index contributed by atoms with van der Waals surface area (Å²) in [6.07, 6.45) is 1.07. The lowest BCUT2D eigenvalue weighted by molar-refractivity contribution is -0.532. The van der Waals surface area contributed by atoms with E-state index >= 15 is 0 Å². The molecule has 0 fully saturated rings. The van der Waals surface area contributed by atoms with E-state index < -0.39 is 10.6 Å². The van der Waals surface area contributed by atoms with E-state index in [4.69, 9.17) is 0 Å². The molecule has 0 amide bonds. The van der Waals surface area contributed by atoms with Crippen LogP contribution >= 0.6 is 27.7 Å². The van der Waals surface area contributed by atoms with Crippen molar-refractivity contribution in [3.05, 3.63) is 68.7 Å². The maximum atomic E-state index is 11.7. The van der Waals surface area contributed by atoms with Crippen LogP contribution in [0.15, 0.2) is 53.0 Å². The molecule has 142 valence electrons. The zero-order valence-electron chi connectivity index (χ0n) is 14.2. The number of benzene rings is 2. The van der Waals surface area contributed by atoms with Crippen LogP contribution < -0.4 is 21.9 Å². The van der Waals surface area contributed by atoms with Crippen molar-refractivity contribution in [2.75, 3.05) is 23.7 Å². The van der Waals surface area contributed by atoms with Gasteiger partial charge in [0.25, 0.3) is 11.4 Å². The molecule has 2 aromatic carbocycles. The van der Waals surface area contributed by atoms with E-state index in [1.54, 1.807) is 23.9 Å². The molecule has 0 saturated heterocycles. The van der Waals surface area contributed by atoms with Crippen molar-refractivity contribution >= 4 is 44.2 Å². The van der Waals surface area contributed by atoms with Crippen LogP contribution in [0.2, 0.25) is 0 Å². The molecular formula is C18H17Br2N3O3S. The van der Waals surface area contributed by atoms with Crippen LogP contribution in [0, 0.1) is 10.1 Å². The van der Waals surface area contributed by atoms with Crippen LogP contribution in [-0.2, 0) is 5.72 Å². The molecule has 2 heterocycles. The number of thioether (sulfide) groups is 1. The SMILES string of the molecule is O=[N+]([O-])c1ccc(C2(O)C[N+]3=C(SCCC3)N2c2ccc(Br)cc2)cc1.[Br-]. The topological polar surface area (TPSA) is 69.6 Å². The molecule has 2 aliphatic heterocycles. The Balaban J connectivity index is 0.00000210. The average molecular weight is 515 g/mol. The highest BCUT2D eigenvalue weighted by atomic mass is 79.9. The largest absolute Gasteiger partial charge is 1.00 e. The Morgan fingerprint density at radius 3 is 2.48 bits per heavy atom. The molecule has 1 atom stereocenters. The average Bonchev–Trinajstić information content (AvgIpc) is 2.96. The molecule has 9 heteroatoms. The fourth-order valence-corrected chi connectivity index (χ4v) is 4.88. The molecule has 0 bridgehead atoms. The summed E-state index contributed by atoms with van der Waals surface area (Å²) in [6, 6.07) is 14.0. The van der Waals surface area contributed by atoms with Crippen molar-refractivity contribution in [1.82, 2.24) is 0 Å². The van der Waals surface area contributed by atoms with E-state index in [-0.39, 0.29) is 22.7 Å². The van der Waals surface area contributed by atoms with Crippen molar-refractivity contribution in [3.63, 3.8) is 0 Å². The fraction of sp³-hybridized carbons (Fsp3) is 0.278. The van der Waals surface area contributed by atoms with E-state index in [0.717, 1.165) is 34.0 Å². The van der Waals surface area contributed by atoms with E-state index in [1.807, 2.05) is 29.2 Å². The number of hydrogen-bond donors (Lipinski definition) is 1. The maximum Gasteiger partial charge on any atom is 0.316 e. The molecule has 0 spiro atoms. The molecule has 1 N–H and O–H groups in total. The summed E-state index contributed by atoms with van der Waals surface area (Å²) >= 11 is 5.19. The Bertz CT molecular complexity index is 890. The minimum atomic E-state index is -1.27. The van der Waals surface area contributed by atoms with Gasteiger partial charge in [0.15, 0.2) is 6.54 Å². The lowest BCUT2D eigenvalue weighted by Crippen LogP contribution is -3.00. The van der Waals surface area contributed by atoms with Gasteiger partial charge in [-0.2, -0.15) is 4.90 Å². The van der Waals surface area contributed by atoms with E-state index in [1.165, 1.54) is 12.1 Å². The third kappa shape index (κ3) is 3.65. The van der Waals surface area contributed by atoms with Gasteiger partial charge in [-0.25, -0.2) is 4.58 Å². The molecule has 6 nitrogen and oxygen atoms in total. The highest BCUT2D eigenvalue weighted by Gasteiger charge is 2.55. The summed E-state index contributed by atoms with van der Waals surface area (Å²) in [6.45, 7) is 1.33. The number of non-ortho nitro benzene ring substituents is 1. The smallest absolute Gasteiger partial charge is 0.316 e. The van der Waals surface area contributed by atoms with E-state index in [2.05, 4.69) is 20.5 Å². The number of nitrogens with zero attached hydrogens (tertiary/aromatic N) is 3. The maximum absolute atomic E-state index is 11.7. The zero-order chi connectivity index (χ0) is 18.3. The fourth-order valence-electron chi connectivity index (χ4n) is 3.44. The minimum Gasteiger partial charge on any atom is -1.00 e. The first-order valence-corrected chi connectivity index (χ1v) is 10.0. The van der Waals surface area contributed by atoms with Crippen LogP contribution in [0.1, 0.15) is 12.0 Å². The first-order valence-electron chi connectivity index (χ1n) is 8.27. The van der Waals surface area contributed by atoms with Gasteiger partial charge in [0.05, 0.1) is 11.5 Å². The predicted molar refractivity (Wildman–Crippen MR) is 106 cm³/mol. The normalized spacial score (nSPS) is 21.6. The van der Waals surface area contributed by atoms with Crippen molar-refractivity contribution < 1.29 is 31.6 Å². The summed E-state index contributed by atoms with van der Waals surface area (Å²) in [5.74, 6) is 1.01. The molecule has 2 aromatic rings. The quantitative estimate of drug-likeness (QED) is 0.367. The molecule has 4 rings (SSSR count). The summed E-state index contributed by atoms with van der Waals surface area (Å²) in [4.78, 5) is 12.5. The first kappa shape index (κ1) is 20.3. The molecule has 1 unspecified atom stereocenters. The molecular weight excluding hydrogens is 498 g/mol. The van der Waals surface area contributed by atoms with Crippen LogP contribution in [0.3, 0.4) is 0 Å². The zero-order valence-corrected chi connectivity index (χ0v) is 18.2. The van der Waals surface area contributed by atoms with Crippen molar-refractivity contribution in [2.24, 2.45) is 0 Å². The molecule has 0 aromatic heterocycles. The standard InChI is InChI=1S/C18H17BrN3O3S.BrH/c19-14-4-8-15(9-5-14)21-17-20(10-1-11-26-17)12-18(21,23)13-2-6-16(7-3-13)22(24)25;/h2-9,23H,1,10-12H2;1H/q+1;/p-1. The second-order valence-corrected chi connectivity index (χ2v) is 8.32. The second-order valence-electron chi connectivity index (χ2n) is 6.34. The lowest BCUT2D eigenvalue weighted by Gasteiger charge is -2.28. The monoisotopic (exact) mass is 513 g/mol. The third-order valence-corrected chi connectivity index (χ3v) is 6.39. The molecule has 2 aliphatic rings. The van der Waals surface area contributed by atoms with Gasteiger partial charge in [0.1, 0.15) is 5.69 Å². The molecule has 0 aliphatic carbocycles. The number of nitro groups is 1. The van der Waals surface area contributed by atoms with Gasteiger partial charge in [-0.3, -0.25) is 10.1 Å². The Hall–Kier alpha value is -1.42. The van der Waals surface area contributed by atoms with Crippen LogP contribution in [-0.4, -0.2) is 38.6 Å². The highest BCUT2D eigenvalue weighted by Crippen LogP contribution is 2.40. The Kier molecular flexibility index (Phi) is 5.95. The van der Waals surface area contributed by atoms with Crippen molar-refractivity contribution in [1.29, 1.82) is 0 Å². The molecule has 27 heavy (non-hydrogen) atoms. The Morgan fingerprint density at radius 1 is 1.19 bits per heavy atom. The number of amidine groups is 1. The van der Waals surface area contributed by atoms with Gasteiger partial charge in [-0.05, 0) is 54.6 Å². The predicted octanol–water partition coefficient (Wildman–Crippen LogP) is 0.532. The van der Waals surface area contributed by atoms with Gasteiger partial charge in [-0.1, -0.05) is 15.9 Å². The van der Waals surface area contributed by atoms with Gasteiger partial charge in [0.2, 0.25) is 0 Å². The summed E-state index contributed by atoms with van der Waals surface area (Å²) < 4.78 is 3.16. The number of hydrogen-bond acceptors (Lipinski definition) is 5. The number of halogens is 2. The second kappa shape index (κ2) is 7.90. The van der Waals surface area contributed by atoms with E-state index in [9.17, 15) is 15.2 Å². The molecule has 0 saturated carbocycles.